The average Bonchev–Trinajstić information content (AvgIpc) is 2.33. The van der Waals surface area contributed by atoms with E-state index in [1.807, 2.05) is 38.1 Å². The first-order chi connectivity index (χ1) is 9.05. The van der Waals surface area contributed by atoms with Crippen LogP contribution in [-0.4, -0.2) is 42.3 Å². The smallest absolute Gasteiger partial charge is 0.280 e. The van der Waals surface area contributed by atoms with Crippen molar-refractivity contribution in [3.05, 3.63) is 47.2 Å². The van der Waals surface area contributed by atoms with E-state index in [0.717, 1.165) is 5.57 Å². The van der Waals surface area contributed by atoms with Gasteiger partial charge in [-0.25, -0.2) is 0 Å². The van der Waals surface area contributed by atoms with Crippen LogP contribution in [0.5, 0.6) is 0 Å². The van der Waals surface area contributed by atoms with Crippen molar-refractivity contribution < 1.29 is 13.0 Å². The lowest BCUT2D eigenvalue weighted by atomic mass is 9.73. The van der Waals surface area contributed by atoms with E-state index >= 15 is 0 Å². The highest BCUT2D eigenvalue weighted by Gasteiger charge is 2.50. The van der Waals surface area contributed by atoms with Gasteiger partial charge in [-0.15, -0.1) is 0 Å². The third-order valence-electron chi connectivity index (χ3n) is 4.46. The summed E-state index contributed by atoms with van der Waals surface area (Å²) >= 11 is 0. The van der Waals surface area contributed by atoms with Crippen LogP contribution in [0.1, 0.15) is 13.8 Å². The molecule has 2 unspecified atom stereocenters. The summed E-state index contributed by atoms with van der Waals surface area (Å²) in [5, 5.41) is 0. The van der Waals surface area contributed by atoms with Crippen molar-refractivity contribution in [1.29, 1.82) is 0 Å². The van der Waals surface area contributed by atoms with E-state index in [2.05, 4.69) is 0 Å². The molecular formula is C14H20N2O3S. The van der Waals surface area contributed by atoms with Crippen LogP contribution in [0.15, 0.2) is 47.2 Å². The van der Waals surface area contributed by atoms with E-state index in [4.69, 9.17) is 5.73 Å². The van der Waals surface area contributed by atoms with Gasteiger partial charge in [0.2, 0.25) is 0 Å². The molecule has 0 heterocycles. The van der Waals surface area contributed by atoms with Crippen LogP contribution >= 0.6 is 0 Å². The van der Waals surface area contributed by atoms with Crippen LogP contribution in [0.2, 0.25) is 0 Å². The molecule has 0 amide bonds. The van der Waals surface area contributed by atoms with Gasteiger partial charge < -0.3 is 5.73 Å². The zero-order valence-corrected chi connectivity index (χ0v) is 12.9. The maximum atomic E-state index is 11.9. The number of nitrogens with two attached hydrogens (primary N) is 1. The standard InChI is InChI=1S/C14H20N2O3S/c1-13(16(3)4)9-5-6-11-10(13)7-8-12(15)14(11,2)20(17,18)19/h5-9H,15H2,1-4H3,(H,17,18,19). The zero-order valence-electron chi connectivity index (χ0n) is 12.1. The predicted molar refractivity (Wildman–Crippen MR) is 79.6 cm³/mol. The Morgan fingerprint density at radius 1 is 1.15 bits per heavy atom. The molecule has 0 fully saturated rings. The van der Waals surface area contributed by atoms with Crippen molar-refractivity contribution in [2.45, 2.75) is 24.1 Å². The summed E-state index contributed by atoms with van der Waals surface area (Å²) in [4.78, 5) is 1.99. The molecule has 6 heteroatoms. The first kappa shape index (κ1) is 15.0. The van der Waals surface area contributed by atoms with Gasteiger partial charge in [-0.3, -0.25) is 9.45 Å². The van der Waals surface area contributed by atoms with Gasteiger partial charge in [-0.2, -0.15) is 8.42 Å². The fraction of sp³-hybridized carbons (Fsp3) is 0.429. The second kappa shape index (κ2) is 4.31. The number of nitrogens with zero attached hydrogens (tertiary/aromatic N) is 1. The summed E-state index contributed by atoms with van der Waals surface area (Å²) in [6, 6.07) is 0. The van der Waals surface area contributed by atoms with Crippen molar-refractivity contribution in [2.24, 2.45) is 5.73 Å². The second-order valence-corrected chi connectivity index (χ2v) is 7.46. The summed E-state index contributed by atoms with van der Waals surface area (Å²) in [5.74, 6) is 0. The topological polar surface area (TPSA) is 83.6 Å². The lowest BCUT2D eigenvalue weighted by Gasteiger charge is -2.44. The van der Waals surface area contributed by atoms with Crippen LogP contribution < -0.4 is 5.73 Å². The highest BCUT2D eigenvalue weighted by Crippen LogP contribution is 2.45. The molecule has 0 bridgehead atoms. The molecule has 0 radical (unpaired) electrons. The molecule has 110 valence electrons. The van der Waals surface area contributed by atoms with Crippen molar-refractivity contribution in [1.82, 2.24) is 4.90 Å². The van der Waals surface area contributed by atoms with Crippen molar-refractivity contribution in [3.63, 3.8) is 0 Å². The zero-order chi connectivity index (χ0) is 15.3. The molecule has 3 N–H and O–H groups in total. The molecular weight excluding hydrogens is 276 g/mol. The quantitative estimate of drug-likeness (QED) is 0.749. The van der Waals surface area contributed by atoms with Gasteiger partial charge in [0.25, 0.3) is 10.1 Å². The van der Waals surface area contributed by atoms with Gasteiger partial charge in [-0.1, -0.05) is 24.3 Å². The molecule has 2 atom stereocenters. The molecule has 2 aliphatic rings. The Morgan fingerprint density at radius 2 is 1.75 bits per heavy atom. The Labute approximate surface area is 119 Å². The summed E-state index contributed by atoms with van der Waals surface area (Å²) in [7, 11) is -0.541. The van der Waals surface area contributed by atoms with E-state index in [1.54, 1.807) is 18.2 Å². The minimum absolute atomic E-state index is 0.117. The second-order valence-electron chi connectivity index (χ2n) is 5.69. The molecule has 0 aromatic carbocycles. The normalized spacial score (nSPS) is 33.4. The Bertz CT molecular complexity index is 671. The number of hydrogen-bond donors (Lipinski definition) is 2. The highest BCUT2D eigenvalue weighted by molar-refractivity contribution is 7.87. The summed E-state index contributed by atoms with van der Waals surface area (Å²) in [5.41, 5.74) is 6.87. The molecule has 0 spiro atoms. The molecule has 0 saturated carbocycles. The fourth-order valence-corrected chi connectivity index (χ4v) is 3.45. The van der Waals surface area contributed by atoms with Crippen LogP contribution in [0, 0.1) is 0 Å². The van der Waals surface area contributed by atoms with E-state index in [9.17, 15) is 13.0 Å². The first-order valence-electron chi connectivity index (χ1n) is 6.28. The third-order valence-corrected chi connectivity index (χ3v) is 5.95. The van der Waals surface area contributed by atoms with Gasteiger partial charge >= 0.3 is 0 Å². The Balaban J connectivity index is 2.74. The lowest BCUT2D eigenvalue weighted by molar-refractivity contribution is 0.269. The third kappa shape index (κ3) is 1.79. The minimum Gasteiger partial charge on any atom is -0.400 e. The molecule has 20 heavy (non-hydrogen) atoms. The number of hydrogen-bond acceptors (Lipinski definition) is 4. The van der Waals surface area contributed by atoms with Crippen molar-refractivity contribution in [3.8, 4) is 0 Å². The molecule has 5 nitrogen and oxygen atoms in total. The SMILES string of the molecule is CN(C)C1(C)C=CC=C2C1=CC=C(N)C2(C)S(=O)(=O)O. The van der Waals surface area contributed by atoms with E-state index in [-0.39, 0.29) is 5.70 Å². The molecule has 0 aromatic heterocycles. The number of allylic oxidation sites excluding steroid dienone is 4. The van der Waals surface area contributed by atoms with Crippen LogP contribution in [0.4, 0.5) is 0 Å². The monoisotopic (exact) mass is 296 g/mol. The average molecular weight is 296 g/mol. The van der Waals surface area contributed by atoms with Gasteiger partial charge in [-0.05, 0) is 45.2 Å². The van der Waals surface area contributed by atoms with Crippen LogP contribution in [0.25, 0.3) is 0 Å². The lowest BCUT2D eigenvalue weighted by Crippen LogP contribution is -2.51. The number of rotatable bonds is 2. The largest absolute Gasteiger partial charge is 0.400 e. The van der Waals surface area contributed by atoms with Gasteiger partial charge in [0.05, 0.1) is 5.54 Å². The van der Waals surface area contributed by atoms with E-state index in [0.29, 0.717) is 5.57 Å². The van der Waals surface area contributed by atoms with Crippen molar-refractivity contribution >= 4 is 10.1 Å². The summed E-state index contributed by atoms with van der Waals surface area (Å²) < 4.78 is 31.8. The van der Waals surface area contributed by atoms with Gasteiger partial charge in [0.15, 0.2) is 4.75 Å². The molecule has 2 aliphatic carbocycles. The first-order valence-corrected chi connectivity index (χ1v) is 7.72. The predicted octanol–water partition coefficient (Wildman–Crippen LogP) is 1.23. The van der Waals surface area contributed by atoms with Gasteiger partial charge in [0.1, 0.15) is 0 Å². The molecule has 0 saturated heterocycles. The fourth-order valence-electron chi connectivity index (χ4n) is 2.62. The summed E-state index contributed by atoms with van der Waals surface area (Å²) in [6.07, 6.45) is 8.86. The number of fused-ring (bicyclic) bond motifs is 1. The maximum absolute atomic E-state index is 11.9. The van der Waals surface area contributed by atoms with Gasteiger partial charge in [0, 0.05) is 5.70 Å². The Kier molecular flexibility index (Phi) is 3.24. The van der Waals surface area contributed by atoms with Crippen LogP contribution in [-0.2, 0) is 10.1 Å². The van der Waals surface area contributed by atoms with E-state index < -0.39 is 20.4 Å². The van der Waals surface area contributed by atoms with Crippen molar-refractivity contribution in [2.75, 3.05) is 14.1 Å². The highest BCUT2D eigenvalue weighted by atomic mass is 32.2. The molecule has 0 aliphatic heterocycles. The number of likely N-dealkylation sites (N-methyl/N-ethyl adjacent to an activating group) is 1. The Hall–Kier alpha value is -1.37. The molecule has 0 aromatic rings. The maximum Gasteiger partial charge on any atom is 0.280 e. The van der Waals surface area contributed by atoms with Crippen LogP contribution in [0.3, 0.4) is 0 Å². The Morgan fingerprint density at radius 3 is 2.25 bits per heavy atom. The summed E-state index contributed by atoms with van der Waals surface area (Å²) in [6.45, 7) is 3.42. The molecule has 2 rings (SSSR count). The minimum atomic E-state index is -4.38. The van der Waals surface area contributed by atoms with E-state index in [1.165, 1.54) is 6.92 Å².